The summed E-state index contributed by atoms with van der Waals surface area (Å²) >= 11 is 15.5. The van der Waals surface area contributed by atoms with Crippen molar-refractivity contribution in [2.45, 2.75) is 72.4 Å². The van der Waals surface area contributed by atoms with Crippen LogP contribution in [-0.4, -0.2) is 115 Å². The average molecular weight is 982 g/mol. The Morgan fingerprint density at radius 3 is 2.48 bits per heavy atom. The molecule has 0 radical (unpaired) electrons. The molecule has 2 aromatic carbocycles. The summed E-state index contributed by atoms with van der Waals surface area (Å²) in [7, 11) is 0. The molecule has 20 heteroatoms. The van der Waals surface area contributed by atoms with Crippen LogP contribution >= 0.6 is 45.9 Å². The predicted octanol–water partition coefficient (Wildman–Crippen LogP) is 8.45. The molecule has 0 saturated carbocycles. The Labute approximate surface area is 406 Å². The standard InChI is InChI=1S/C47H50Cl2N12O4S2/c1-26-9-8-10-33(49)41(26)55-44(63)36-25-50-47(67-36)54-37-24-38(52-29(4)51-37)59-19-17-58(18-20-59)21-22-65-46(64)35-11-6-7-16-60(35)39(62)23-34-43-57-56-30(5)61(43)45-40(27(2)28(3)66-45)42(53-34)31-12-14-32(48)15-13-31/h8-10,12-15,24-25,34-35H,6-7,11,16-23H2,1-5H3,(H,55,63)(H,50,51,52,54)/t34-,35-/m0/s1. The number of aromatic nitrogens is 6. The fourth-order valence-electron chi connectivity index (χ4n) is 8.75. The number of thiophene rings is 1. The molecule has 67 heavy (non-hydrogen) atoms. The lowest BCUT2D eigenvalue weighted by Crippen LogP contribution is -2.50. The van der Waals surface area contributed by atoms with Crippen molar-refractivity contribution in [2.24, 2.45) is 4.99 Å². The normalized spacial score (nSPS) is 17.3. The highest BCUT2D eigenvalue weighted by Gasteiger charge is 2.38. The molecule has 4 aromatic heterocycles. The number of amides is 2. The number of thiazole rings is 1. The van der Waals surface area contributed by atoms with E-state index in [0.29, 0.717) is 81.6 Å². The number of hydrogen-bond acceptors (Lipinski definition) is 15. The average Bonchev–Trinajstić information content (AvgIpc) is 4.00. The Kier molecular flexibility index (Phi) is 13.7. The quantitative estimate of drug-likeness (QED) is 0.112. The third kappa shape index (κ3) is 9.95. The molecular weight excluding hydrogens is 932 g/mol. The van der Waals surface area contributed by atoms with Crippen LogP contribution in [0.1, 0.15) is 86.0 Å². The maximum Gasteiger partial charge on any atom is 0.328 e. The van der Waals surface area contributed by atoms with Crippen LogP contribution in [0.5, 0.6) is 0 Å². The van der Waals surface area contributed by atoms with E-state index in [1.54, 1.807) is 22.3 Å². The maximum atomic E-state index is 14.4. The van der Waals surface area contributed by atoms with Gasteiger partial charge in [0.15, 0.2) is 11.0 Å². The number of ether oxygens (including phenoxy) is 1. The Morgan fingerprint density at radius 2 is 1.70 bits per heavy atom. The Hall–Kier alpha value is -5.79. The topological polar surface area (TPSA) is 176 Å². The SMILES string of the molecule is Cc1nc(Nc2ncc(C(=O)Nc3c(C)cccc3Cl)s2)cc(N2CCN(CCOC(=O)[C@@H]3CCCCN3C(=O)C[C@@H]3N=C(c4ccc(Cl)cc4)c4c(sc(C)c4C)-n4c(C)nnc43)CC2)n1. The summed E-state index contributed by atoms with van der Waals surface area (Å²) in [4.78, 5) is 67.8. The Balaban J connectivity index is 0.796. The number of rotatable bonds is 12. The number of piperidine rings is 1. The van der Waals surface area contributed by atoms with Crippen molar-refractivity contribution in [3.05, 3.63) is 114 Å². The molecule has 0 bridgehead atoms. The van der Waals surface area contributed by atoms with Crippen LogP contribution in [0.15, 0.2) is 59.7 Å². The summed E-state index contributed by atoms with van der Waals surface area (Å²) in [5, 5.41) is 17.7. The second-order valence-corrected chi connectivity index (χ2v) is 20.0. The molecule has 9 rings (SSSR count). The van der Waals surface area contributed by atoms with E-state index in [0.717, 1.165) is 69.6 Å². The molecule has 2 atom stereocenters. The lowest BCUT2D eigenvalue weighted by molar-refractivity contribution is -0.157. The molecule has 7 heterocycles. The number of anilines is 4. The van der Waals surface area contributed by atoms with E-state index in [2.05, 4.69) is 54.4 Å². The number of aliphatic imine (C=N–C) groups is 1. The number of nitrogens with one attached hydrogen (secondary N) is 2. The summed E-state index contributed by atoms with van der Waals surface area (Å²) in [6.07, 6.45) is 3.71. The van der Waals surface area contributed by atoms with Crippen molar-refractivity contribution >= 4 is 91.8 Å². The first-order valence-corrected chi connectivity index (χ1v) is 24.6. The summed E-state index contributed by atoms with van der Waals surface area (Å²) < 4.78 is 7.95. The van der Waals surface area contributed by atoms with Crippen molar-refractivity contribution < 1.29 is 19.1 Å². The second kappa shape index (κ2) is 19.8. The lowest BCUT2D eigenvalue weighted by atomic mass is 9.99. The van der Waals surface area contributed by atoms with Gasteiger partial charge in [-0.1, -0.05) is 58.8 Å². The van der Waals surface area contributed by atoms with Crippen molar-refractivity contribution in [2.75, 3.05) is 61.4 Å². The fourth-order valence-corrected chi connectivity index (χ4v) is 11.1. The van der Waals surface area contributed by atoms with Gasteiger partial charge in [0.1, 0.15) is 51.9 Å². The van der Waals surface area contributed by atoms with Crippen molar-refractivity contribution in [3.63, 3.8) is 0 Å². The van der Waals surface area contributed by atoms with Gasteiger partial charge in [-0.15, -0.1) is 21.5 Å². The van der Waals surface area contributed by atoms with Gasteiger partial charge in [-0.05, 0) is 83.2 Å². The molecule has 0 spiro atoms. The Bertz CT molecular complexity index is 2850. The molecule has 3 aliphatic heterocycles. The number of carbonyl (C=O) groups excluding carboxylic acids is 3. The predicted molar refractivity (Wildman–Crippen MR) is 263 cm³/mol. The van der Waals surface area contributed by atoms with E-state index < -0.39 is 12.1 Å². The van der Waals surface area contributed by atoms with Crippen LogP contribution in [0.4, 0.5) is 22.5 Å². The van der Waals surface area contributed by atoms with Crippen molar-refractivity contribution in [1.29, 1.82) is 0 Å². The third-order valence-corrected chi connectivity index (χ3v) is 15.1. The number of piperazine rings is 1. The number of aryl methyl sites for hydroxylation is 4. The van der Waals surface area contributed by atoms with E-state index in [9.17, 15) is 14.4 Å². The van der Waals surface area contributed by atoms with Crippen LogP contribution in [0, 0.1) is 34.6 Å². The summed E-state index contributed by atoms with van der Waals surface area (Å²) in [6, 6.07) is 13.6. The monoisotopic (exact) mass is 980 g/mol. The van der Waals surface area contributed by atoms with Gasteiger partial charge in [0.2, 0.25) is 5.91 Å². The van der Waals surface area contributed by atoms with Crippen molar-refractivity contribution in [1.82, 2.24) is 39.5 Å². The van der Waals surface area contributed by atoms with E-state index >= 15 is 0 Å². The lowest BCUT2D eigenvalue weighted by Gasteiger charge is -2.36. The van der Waals surface area contributed by atoms with Gasteiger partial charge >= 0.3 is 5.97 Å². The minimum absolute atomic E-state index is 0.0231. The van der Waals surface area contributed by atoms with E-state index in [1.807, 2.05) is 67.8 Å². The van der Waals surface area contributed by atoms with E-state index in [1.165, 1.54) is 17.5 Å². The number of likely N-dealkylation sites (tertiary alicyclic amines) is 1. The molecule has 2 fully saturated rings. The third-order valence-electron chi connectivity index (χ3n) is 12.4. The zero-order valence-electron chi connectivity index (χ0n) is 37.8. The fraction of sp³-hybridized carbons (Fsp3) is 0.383. The van der Waals surface area contributed by atoms with Crippen LogP contribution in [0.25, 0.3) is 5.00 Å². The van der Waals surface area contributed by atoms with Gasteiger partial charge in [-0.2, -0.15) is 0 Å². The summed E-state index contributed by atoms with van der Waals surface area (Å²) in [5.41, 5.74) is 5.21. The highest BCUT2D eigenvalue weighted by atomic mass is 35.5. The van der Waals surface area contributed by atoms with Crippen LogP contribution in [0.3, 0.4) is 0 Å². The number of benzene rings is 2. The van der Waals surface area contributed by atoms with E-state index in [4.69, 9.17) is 37.9 Å². The summed E-state index contributed by atoms with van der Waals surface area (Å²) in [5.74, 6) is 2.40. The summed E-state index contributed by atoms with van der Waals surface area (Å²) in [6.45, 7) is 14.0. The van der Waals surface area contributed by atoms with Crippen LogP contribution in [0.2, 0.25) is 10.0 Å². The molecule has 16 nitrogen and oxygen atoms in total. The number of para-hydroxylation sites is 1. The number of fused-ring (bicyclic) bond motifs is 3. The van der Waals surface area contributed by atoms with Gasteiger partial charge in [0.05, 0.1) is 29.0 Å². The number of carbonyl (C=O) groups is 3. The first-order chi connectivity index (χ1) is 32.3. The van der Waals surface area contributed by atoms with Gasteiger partial charge in [-0.3, -0.25) is 24.0 Å². The van der Waals surface area contributed by atoms with Crippen LogP contribution < -0.4 is 15.5 Å². The smallest absolute Gasteiger partial charge is 0.328 e. The zero-order chi connectivity index (χ0) is 46.9. The first-order valence-electron chi connectivity index (χ1n) is 22.3. The molecule has 6 aromatic rings. The minimum atomic E-state index is -0.677. The van der Waals surface area contributed by atoms with Crippen LogP contribution in [-0.2, 0) is 14.3 Å². The Morgan fingerprint density at radius 1 is 0.910 bits per heavy atom. The molecule has 348 valence electrons. The van der Waals surface area contributed by atoms with Gasteiger partial charge in [0, 0.05) is 66.4 Å². The first kappa shape index (κ1) is 46.3. The number of halogens is 2. The maximum absolute atomic E-state index is 14.4. The minimum Gasteiger partial charge on any atom is -0.463 e. The molecule has 0 aliphatic carbocycles. The molecule has 2 amide bonds. The van der Waals surface area contributed by atoms with Gasteiger partial charge in [0.25, 0.3) is 5.91 Å². The largest absolute Gasteiger partial charge is 0.463 e. The number of esters is 1. The molecule has 2 N–H and O–H groups in total. The highest BCUT2D eigenvalue weighted by molar-refractivity contribution is 7.17. The molecule has 3 aliphatic rings. The second-order valence-electron chi connectivity index (χ2n) is 16.9. The molecule has 0 unspecified atom stereocenters. The zero-order valence-corrected chi connectivity index (χ0v) is 41.0. The molecular formula is C47H50Cl2N12O4S2. The van der Waals surface area contributed by atoms with Gasteiger partial charge < -0.3 is 25.2 Å². The van der Waals surface area contributed by atoms with E-state index in [-0.39, 0.29) is 30.8 Å². The molecule has 2 saturated heterocycles. The highest BCUT2D eigenvalue weighted by Crippen LogP contribution is 2.40. The van der Waals surface area contributed by atoms with Gasteiger partial charge in [-0.25, -0.2) is 19.7 Å². The number of nitrogens with zero attached hydrogens (tertiary/aromatic N) is 10. The van der Waals surface area contributed by atoms with Crippen molar-refractivity contribution in [3.8, 4) is 5.00 Å². The number of hydrogen-bond donors (Lipinski definition) is 2.